The lowest BCUT2D eigenvalue weighted by Gasteiger charge is -2.32. The molecule has 1 unspecified atom stereocenters. The monoisotopic (exact) mass is 444 g/mol. The van der Waals surface area contributed by atoms with Gasteiger partial charge in [0.05, 0.1) is 6.04 Å². The number of benzene rings is 1. The zero-order chi connectivity index (χ0) is 23.0. The number of ether oxygens (including phenoxy) is 3. The summed E-state index contributed by atoms with van der Waals surface area (Å²) in [4.78, 5) is 32.8. The summed E-state index contributed by atoms with van der Waals surface area (Å²) in [6.07, 6.45) is 3.89. The quantitative estimate of drug-likeness (QED) is 0.575. The molecular weight excluding hydrogens is 412 g/mol. The molecule has 0 aliphatic carbocycles. The summed E-state index contributed by atoms with van der Waals surface area (Å²) < 4.78 is 17.3. The van der Waals surface area contributed by atoms with Crippen LogP contribution in [0.15, 0.2) is 42.7 Å². The van der Waals surface area contributed by atoms with Gasteiger partial charge in [0, 0.05) is 19.0 Å². The molecule has 1 saturated heterocycles. The van der Waals surface area contributed by atoms with Crippen molar-refractivity contribution in [3.8, 4) is 0 Å². The summed E-state index contributed by atoms with van der Waals surface area (Å²) >= 11 is 0. The van der Waals surface area contributed by atoms with Gasteiger partial charge in [0.15, 0.2) is 12.4 Å². The maximum absolute atomic E-state index is 13.2. The first kappa shape index (κ1) is 23.7. The van der Waals surface area contributed by atoms with E-state index in [1.165, 1.54) is 6.20 Å². The second kappa shape index (κ2) is 11.1. The number of alkyl carbamates (subject to hydrolysis) is 1. The molecule has 174 valence electrons. The number of imidazole rings is 1. The molecule has 3 atom stereocenters. The SMILES string of the molecule is CC(C)(C)OC(=O)N[C@@H](Cc1ccccc1)[C@@H](OC1CCCCO1)C(=O)Nc1ncc[nH]1. The van der Waals surface area contributed by atoms with Crippen LogP contribution in [-0.4, -0.2) is 52.6 Å². The number of anilines is 1. The van der Waals surface area contributed by atoms with E-state index < -0.39 is 36.0 Å². The molecule has 1 aromatic carbocycles. The van der Waals surface area contributed by atoms with Crippen LogP contribution in [0, 0.1) is 0 Å². The van der Waals surface area contributed by atoms with E-state index >= 15 is 0 Å². The topological polar surface area (TPSA) is 115 Å². The van der Waals surface area contributed by atoms with Gasteiger partial charge in [-0.25, -0.2) is 9.78 Å². The standard InChI is InChI=1S/C23H32N4O5/c1-23(2,3)32-22(29)26-17(15-16-9-5-4-6-10-16)19(31-18-11-7-8-14-30-18)20(28)27-21-24-12-13-25-21/h4-6,9-10,12-13,17-19H,7-8,11,14-15H2,1-3H3,(H,26,29)(H2,24,25,27,28)/t17-,18?,19+/m0/s1. The van der Waals surface area contributed by atoms with Gasteiger partial charge < -0.3 is 24.5 Å². The first-order valence-electron chi connectivity index (χ1n) is 10.9. The zero-order valence-electron chi connectivity index (χ0n) is 18.8. The lowest BCUT2D eigenvalue weighted by Crippen LogP contribution is -2.53. The van der Waals surface area contributed by atoms with Crippen molar-refractivity contribution in [1.82, 2.24) is 15.3 Å². The van der Waals surface area contributed by atoms with E-state index in [0.717, 1.165) is 18.4 Å². The highest BCUT2D eigenvalue weighted by Crippen LogP contribution is 2.20. The Hall–Kier alpha value is -2.91. The van der Waals surface area contributed by atoms with Crippen LogP contribution in [0.25, 0.3) is 0 Å². The Morgan fingerprint density at radius 3 is 2.66 bits per heavy atom. The average molecular weight is 445 g/mol. The van der Waals surface area contributed by atoms with E-state index in [0.29, 0.717) is 25.4 Å². The van der Waals surface area contributed by atoms with Crippen LogP contribution in [0.5, 0.6) is 0 Å². The van der Waals surface area contributed by atoms with Crippen molar-refractivity contribution in [3.63, 3.8) is 0 Å². The van der Waals surface area contributed by atoms with Gasteiger partial charge in [-0.05, 0) is 52.0 Å². The third-order valence-electron chi connectivity index (χ3n) is 4.80. The molecule has 1 fully saturated rings. The van der Waals surface area contributed by atoms with E-state index in [2.05, 4.69) is 20.6 Å². The molecule has 0 spiro atoms. The normalized spacial score (nSPS) is 18.4. The van der Waals surface area contributed by atoms with Gasteiger partial charge in [-0.1, -0.05) is 30.3 Å². The van der Waals surface area contributed by atoms with Crippen LogP contribution in [-0.2, 0) is 25.4 Å². The summed E-state index contributed by atoms with van der Waals surface area (Å²) in [6.45, 7) is 5.92. The number of amides is 2. The molecule has 1 aliphatic heterocycles. The third kappa shape index (κ3) is 7.65. The molecule has 0 radical (unpaired) electrons. The molecule has 1 aliphatic rings. The van der Waals surface area contributed by atoms with E-state index in [1.807, 2.05) is 30.3 Å². The number of carbonyl (C=O) groups excluding carboxylic acids is 2. The van der Waals surface area contributed by atoms with Crippen LogP contribution < -0.4 is 10.6 Å². The van der Waals surface area contributed by atoms with Gasteiger partial charge in [-0.2, -0.15) is 0 Å². The third-order valence-corrected chi connectivity index (χ3v) is 4.80. The van der Waals surface area contributed by atoms with Crippen LogP contribution in [0.3, 0.4) is 0 Å². The van der Waals surface area contributed by atoms with Gasteiger partial charge >= 0.3 is 6.09 Å². The van der Waals surface area contributed by atoms with Crippen LogP contribution in [0.1, 0.15) is 45.6 Å². The number of H-pyrrole nitrogens is 1. The van der Waals surface area contributed by atoms with Gasteiger partial charge in [0.1, 0.15) is 5.60 Å². The Morgan fingerprint density at radius 2 is 2.03 bits per heavy atom. The molecule has 2 heterocycles. The number of rotatable bonds is 8. The highest BCUT2D eigenvalue weighted by Gasteiger charge is 2.35. The molecule has 3 rings (SSSR count). The zero-order valence-corrected chi connectivity index (χ0v) is 18.8. The van der Waals surface area contributed by atoms with Gasteiger partial charge in [-0.15, -0.1) is 0 Å². The number of hydrogen-bond donors (Lipinski definition) is 3. The number of carbonyl (C=O) groups is 2. The van der Waals surface area contributed by atoms with Crippen LogP contribution in [0.4, 0.5) is 10.7 Å². The van der Waals surface area contributed by atoms with Gasteiger partial charge in [0.2, 0.25) is 5.95 Å². The molecular formula is C23H32N4O5. The Balaban J connectivity index is 1.84. The molecule has 0 saturated carbocycles. The minimum atomic E-state index is -1.03. The van der Waals surface area contributed by atoms with E-state index in [1.54, 1.807) is 27.0 Å². The van der Waals surface area contributed by atoms with E-state index in [-0.39, 0.29) is 0 Å². The predicted molar refractivity (Wildman–Crippen MR) is 119 cm³/mol. The maximum atomic E-state index is 13.2. The number of aromatic nitrogens is 2. The minimum absolute atomic E-state index is 0.295. The smallest absolute Gasteiger partial charge is 0.407 e. The largest absolute Gasteiger partial charge is 0.444 e. The lowest BCUT2D eigenvalue weighted by atomic mass is 10.0. The van der Waals surface area contributed by atoms with Crippen molar-refractivity contribution in [2.45, 2.75) is 70.5 Å². The molecule has 1 aromatic heterocycles. The average Bonchev–Trinajstić information content (AvgIpc) is 3.24. The fourth-order valence-electron chi connectivity index (χ4n) is 3.40. The Kier molecular flexibility index (Phi) is 8.24. The first-order chi connectivity index (χ1) is 15.3. The number of nitrogens with zero attached hydrogens (tertiary/aromatic N) is 1. The highest BCUT2D eigenvalue weighted by molar-refractivity contribution is 5.93. The molecule has 0 bridgehead atoms. The summed E-state index contributed by atoms with van der Waals surface area (Å²) in [7, 11) is 0. The molecule has 9 heteroatoms. The summed E-state index contributed by atoms with van der Waals surface area (Å²) in [6, 6.07) is 8.89. The fourth-order valence-corrected chi connectivity index (χ4v) is 3.40. The predicted octanol–water partition coefficient (Wildman–Crippen LogP) is 3.40. The van der Waals surface area contributed by atoms with Crippen LogP contribution >= 0.6 is 0 Å². The van der Waals surface area contributed by atoms with Gasteiger partial charge in [-0.3, -0.25) is 10.1 Å². The van der Waals surface area contributed by atoms with Crippen molar-refractivity contribution >= 4 is 17.9 Å². The Labute approximate surface area is 188 Å². The highest BCUT2D eigenvalue weighted by atomic mass is 16.7. The number of hydrogen-bond acceptors (Lipinski definition) is 6. The van der Waals surface area contributed by atoms with Gasteiger partial charge in [0.25, 0.3) is 5.91 Å². The Bertz CT molecular complexity index is 845. The summed E-state index contributed by atoms with van der Waals surface area (Å²) in [5.41, 5.74) is 0.262. The first-order valence-corrected chi connectivity index (χ1v) is 10.9. The van der Waals surface area contributed by atoms with Crippen molar-refractivity contribution in [2.24, 2.45) is 0 Å². The number of aromatic amines is 1. The Morgan fingerprint density at radius 1 is 1.25 bits per heavy atom. The van der Waals surface area contributed by atoms with Crippen molar-refractivity contribution in [3.05, 3.63) is 48.3 Å². The summed E-state index contributed by atoms with van der Waals surface area (Å²) in [5.74, 6) is -0.144. The molecule has 2 aromatic rings. The molecule has 32 heavy (non-hydrogen) atoms. The molecule has 2 amide bonds. The maximum Gasteiger partial charge on any atom is 0.407 e. The van der Waals surface area contributed by atoms with Crippen molar-refractivity contribution in [1.29, 1.82) is 0 Å². The van der Waals surface area contributed by atoms with Crippen molar-refractivity contribution < 1.29 is 23.8 Å². The molecule has 3 N–H and O–H groups in total. The van der Waals surface area contributed by atoms with E-state index in [4.69, 9.17) is 14.2 Å². The molecule has 9 nitrogen and oxygen atoms in total. The second-order valence-electron chi connectivity index (χ2n) is 8.72. The second-order valence-corrected chi connectivity index (χ2v) is 8.72. The number of nitrogens with one attached hydrogen (secondary N) is 3. The van der Waals surface area contributed by atoms with Crippen molar-refractivity contribution in [2.75, 3.05) is 11.9 Å². The van der Waals surface area contributed by atoms with Crippen LogP contribution in [0.2, 0.25) is 0 Å². The summed E-state index contributed by atoms with van der Waals surface area (Å²) in [5, 5.41) is 5.56. The van der Waals surface area contributed by atoms with E-state index in [9.17, 15) is 9.59 Å². The lowest BCUT2D eigenvalue weighted by molar-refractivity contribution is -0.194. The minimum Gasteiger partial charge on any atom is -0.444 e. The fraction of sp³-hybridized carbons (Fsp3) is 0.522.